The van der Waals surface area contributed by atoms with E-state index >= 15 is 0 Å². The smallest absolute Gasteiger partial charge is 0.263 e. The second-order valence-corrected chi connectivity index (χ2v) is 4.23. The molecule has 0 bridgehead atoms. The molecular weight excluding hydrogens is 336 g/mol. The molecule has 0 aliphatic heterocycles. The van der Waals surface area contributed by atoms with E-state index in [1.807, 2.05) is 18.2 Å². The fraction of sp³-hybridized carbons (Fsp3) is 0.100. The van der Waals surface area contributed by atoms with Crippen molar-refractivity contribution in [2.45, 2.75) is 0 Å². The van der Waals surface area contributed by atoms with Crippen LogP contribution in [-0.2, 0) is 0 Å². The molecule has 1 aromatic heterocycles. The highest BCUT2D eigenvalue weighted by molar-refractivity contribution is 9.10. The minimum Gasteiger partial charge on any atom is -0.496 e. The van der Waals surface area contributed by atoms with E-state index in [0.29, 0.717) is 5.95 Å². The van der Waals surface area contributed by atoms with Crippen molar-refractivity contribution in [3.63, 3.8) is 0 Å². The van der Waals surface area contributed by atoms with E-state index < -0.39 is 0 Å². The van der Waals surface area contributed by atoms with Crippen molar-refractivity contribution in [2.24, 2.45) is 5.10 Å². The lowest BCUT2D eigenvalue weighted by molar-refractivity contribution is 0.414. The molecule has 19 heavy (non-hydrogen) atoms. The molecule has 2 aromatic rings. The molecule has 0 fully saturated rings. The fourth-order valence-corrected chi connectivity index (χ4v) is 1.67. The lowest BCUT2D eigenvalue weighted by Crippen LogP contribution is -2.10. The second kappa shape index (κ2) is 6.95. The molecule has 0 saturated heterocycles. The highest BCUT2D eigenvalue weighted by atomic mass is 79.9. The Labute approximate surface area is 124 Å². The minimum atomic E-state index is 0. The third-order valence-corrected chi connectivity index (χ3v) is 2.63. The SMILES string of the molecule is COc1ccc(Br)cc1/C=N/Nc1nncn1N.Cl. The van der Waals surface area contributed by atoms with Crippen LogP contribution in [0.1, 0.15) is 5.56 Å². The Hall–Kier alpha value is -1.80. The Balaban J connectivity index is 0.00000180. The zero-order valence-corrected chi connectivity index (χ0v) is 12.3. The molecule has 0 spiro atoms. The van der Waals surface area contributed by atoms with Crippen LogP contribution >= 0.6 is 28.3 Å². The van der Waals surface area contributed by atoms with Gasteiger partial charge in [0.15, 0.2) is 0 Å². The van der Waals surface area contributed by atoms with Crippen LogP contribution in [-0.4, -0.2) is 28.2 Å². The molecular formula is C10H12BrClN6O. The molecule has 0 amide bonds. The van der Waals surface area contributed by atoms with Crippen molar-refractivity contribution in [2.75, 3.05) is 18.4 Å². The normalized spacial score (nSPS) is 10.2. The summed E-state index contributed by atoms with van der Waals surface area (Å²) in [5.41, 5.74) is 3.50. The molecule has 3 N–H and O–H groups in total. The predicted octanol–water partition coefficient (Wildman–Crippen LogP) is 1.63. The molecule has 0 radical (unpaired) electrons. The Bertz CT molecular complexity index is 573. The summed E-state index contributed by atoms with van der Waals surface area (Å²) in [5, 5.41) is 11.4. The van der Waals surface area contributed by atoms with Gasteiger partial charge in [0.1, 0.15) is 12.1 Å². The van der Waals surface area contributed by atoms with Crippen molar-refractivity contribution in [3.05, 3.63) is 34.6 Å². The summed E-state index contributed by atoms with van der Waals surface area (Å²) in [6, 6.07) is 5.62. The number of benzene rings is 1. The zero-order chi connectivity index (χ0) is 13.0. The molecule has 0 aliphatic carbocycles. The summed E-state index contributed by atoms with van der Waals surface area (Å²) in [4.78, 5) is 0. The quantitative estimate of drug-likeness (QED) is 0.498. The van der Waals surface area contributed by atoms with Gasteiger partial charge in [0.05, 0.1) is 13.3 Å². The minimum absolute atomic E-state index is 0. The lowest BCUT2D eigenvalue weighted by Gasteiger charge is -2.04. The molecule has 102 valence electrons. The van der Waals surface area contributed by atoms with E-state index in [9.17, 15) is 0 Å². The van der Waals surface area contributed by atoms with Gasteiger partial charge < -0.3 is 10.6 Å². The van der Waals surface area contributed by atoms with Gasteiger partial charge in [-0.05, 0) is 18.2 Å². The van der Waals surface area contributed by atoms with Crippen molar-refractivity contribution in [3.8, 4) is 5.75 Å². The predicted molar refractivity (Wildman–Crippen MR) is 79.3 cm³/mol. The van der Waals surface area contributed by atoms with E-state index in [-0.39, 0.29) is 12.4 Å². The van der Waals surface area contributed by atoms with Gasteiger partial charge in [0.25, 0.3) is 5.95 Å². The summed E-state index contributed by atoms with van der Waals surface area (Å²) < 4.78 is 7.38. The molecule has 7 nitrogen and oxygen atoms in total. The van der Waals surface area contributed by atoms with Crippen LogP contribution < -0.4 is 16.0 Å². The molecule has 9 heteroatoms. The Kier molecular flexibility index (Phi) is 5.58. The van der Waals surface area contributed by atoms with Crippen molar-refractivity contribution in [1.82, 2.24) is 14.9 Å². The number of methoxy groups -OCH3 is 1. The van der Waals surface area contributed by atoms with E-state index in [2.05, 4.69) is 36.7 Å². The first-order chi connectivity index (χ1) is 8.70. The van der Waals surface area contributed by atoms with Gasteiger partial charge in [-0.2, -0.15) is 5.10 Å². The molecule has 0 unspecified atom stereocenters. The summed E-state index contributed by atoms with van der Waals surface area (Å²) in [7, 11) is 1.60. The highest BCUT2D eigenvalue weighted by Gasteiger charge is 2.01. The fourth-order valence-electron chi connectivity index (χ4n) is 1.29. The monoisotopic (exact) mass is 346 g/mol. The number of hydrazone groups is 1. The van der Waals surface area contributed by atoms with Crippen molar-refractivity contribution in [1.29, 1.82) is 0 Å². The third-order valence-electron chi connectivity index (χ3n) is 2.13. The molecule has 0 saturated carbocycles. The first kappa shape index (κ1) is 15.3. The van der Waals surface area contributed by atoms with E-state index in [4.69, 9.17) is 10.6 Å². The first-order valence-electron chi connectivity index (χ1n) is 4.98. The second-order valence-electron chi connectivity index (χ2n) is 3.32. The largest absolute Gasteiger partial charge is 0.496 e. The Morgan fingerprint density at radius 3 is 2.95 bits per heavy atom. The molecule has 0 atom stereocenters. The van der Waals surface area contributed by atoms with Crippen LogP contribution in [0.15, 0.2) is 34.1 Å². The average Bonchev–Trinajstić information content (AvgIpc) is 2.76. The summed E-state index contributed by atoms with van der Waals surface area (Å²) in [5.74, 6) is 6.59. The number of hydrogen-bond donors (Lipinski definition) is 2. The number of halogens is 2. The Morgan fingerprint density at radius 2 is 2.32 bits per heavy atom. The topological polar surface area (TPSA) is 90.3 Å². The van der Waals surface area contributed by atoms with Crippen LogP contribution in [0.3, 0.4) is 0 Å². The highest BCUT2D eigenvalue weighted by Crippen LogP contribution is 2.21. The van der Waals surface area contributed by atoms with E-state index in [1.165, 1.54) is 11.0 Å². The third kappa shape index (κ3) is 3.83. The van der Waals surface area contributed by atoms with E-state index in [1.54, 1.807) is 13.3 Å². The van der Waals surface area contributed by atoms with Crippen LogP contribution in [0.25, 0.3) is 0 Å². The van der Waals surface area contributed by atoms with Crippen LogP contribution in [0.5, 0.6) is 5.75 Å². The molecule has 0 aliphatic rings. The van der Waals surface area contributed by atoms with Gasteiger partial charge >= 0.3 is 0 Å². The molecule has 1 aromatic carbocycles. The van der Waals surface area contributed by atoms with Crippen molar-refractivity contribution >= 4 is 40.5 Å². The number of hydrogen-bond acceptors (Lipinski definition) is 6. The van der Waals surface area contributed by atoms with Crippen molar-refractivity contribution < 1.29 is 4.74 Å². The van der Waals surface area contributed by atoms with Gasteiger partial charge in [-0.25, -0.2) is 10.1 Å². The number of nitrogens with two attached hydrogens (primary N) is 1. The van der Waals surface area contributed by atoms with Crippen LogP contribution in [0, 0.1) is 0 Å². The van der Waals surface area contributed by atoms with Gasteiger partial charge in [0.2, 0.25) is 0 Å². The number of nitrogens with one attached hydrogen (secondary N) is 1. The lowest BCUT2D eigenvalue weighted by atomic mass is 10.2. The van der Waals surface area contributed by atoms with Gasteiger partial charge in [-0.15, -0.1) is 22.6 Å². The summed E-state index contributed by atoms with van der Waals surface area (Å²) >= 11 is 3.38. The zero-order valence-electron chi connectivity index (χ0n) is 9.95. The molecule has 2 rings (SSSR count). The number of nitrogen functional groups attached to an aromatic ring is 1. The number of nitrogens with zero attached hydrogens (tertiary/aromatic N) is 4. The van der Waals surface area contributed by atoms with Gasteiger partial charge in [-0.3, -0.25) is 0 Å². The summed E-state index contributed by atoms with van der Waals surface area (Å²) in [6.45, 7) is 0. The van der Waals surface area contributed by atoms with E-state index in [0.717, 1.165) is 15.8 Å². The van der Waals surface area contributed by atoms with Gasteiger partial charge in [-0.1, -0.05) is 15.9 Å². The first-order valence-corrected chi connectivity index (χ1v) is 5.77. The standard InChI is InChI=1S/C10H11BrN6O.ClH/c1-18-9-3-2-8(11)4-7(9)5-13-15-10-16-14-6-17(10)12;/h2-6H,12H2,1H3,(H,15,16);1H/b13-5+;. The van der Waals surface area contributed by atoms with Gasteiger partial charge in [0, 0.05) is 10.0 Å². The van der Waals surface area contributed by atoms with Crippen LogP contribution in [0.2, 0.25) is 0 Å². The maximum atomic E-state index is 5.52. The number of rotatable bonds is 4. The maximum Gasteiger partial charge on any atom is 0.263 e. The molecule has 1 heterocycles. The van der Waals surface area contributed by atoms with Crippen LogP contribution in [0.4, 0.5) is 5.95 Å². The average molecular weight is 348 g/mol. The summed E-state index contributed by atoms with van der Waals surface area (Å²) in [6.07, 6.45) is 2.98. The number of anilines is 1. The maximum absolute atomic E-state index is 5.52. The number of aromatic nitrogens is 3. The number of ether oxygens (including phenoxy) is 1. The Morgan fingerprint density at radius 1 is 1.53 bits per heavy atom.